The third kappa shape index (κ3) is 3.79. The van der Waals surface area contributed by atoms with Crippen molar-refractivity contribution in [1.82, 2.24) is 9.97 Å². The number of hydrogen-bond donors (Lipinski definition) is 1. The summed E-state index contributed by atoms with van der Waals surface area (Å²) in [5.74, 6) is 0.279. The molecule has 0 bridgehead atoms. The van der Waals surface area contributed by atoms with Gasteiger partial charge < -0.3 is 10.2 Å². The number of aromatic nitrogens is 2. The summed E-state index contributed by atoms with van der Waals surface area (Å²) in [7, 11) is 1.87. The molecule has 122 valence electrons. The number of nitrogens with zero attached hydrogens (tertiary/aromatic N) is 4. The second kappa shape index (κ2) is 7.23. The van der Waals surface area contributed by atoms with Gasteiger partial charge >= 0.3 is 0 Å². The van der Waals surface area contributed by atoms with Crippen molar-refractivity contribution in [2.45, 2.75) is 0 Å². The standard InChI is InChI=1S/C19H15N5O/c1-24(16-5-3-2-4-6-16)18-11-17(21-13-22-18)19(25)23-15-9-7-14(12-20)8-10-15/h2-11,13H,1H3,(H,23,25). The number of amides is 1. The highest BCUT2D eigenvalue weighted by Crippen LogP contribution is 2.21. The fourth-order valence-electron chi connectivity index (χ4n) is 2.26. The van der Waals surface area contributed by atoms with Gasteiger partial charge in [-0.15, -0.1) is 0 Å². The first-order valence-electron chi connectivity index (χ1n) is 7.60. The number of carbonyl (C=O) groups is 1. The van der Waals surface area contributed by atoms with Gasteiger partial charge in [-0.2, -0.15) is 5.26 Å². The fraction of sp³-hybridized carbons (Fsp3) is 0.0526. The zero-order chi connectivity index (χ0) is 17.6. The van der Waals surface area contributed by atoms with Crippen molar-refractivity contribution in [3.8, 4) is 6.07 Å². The van der Waals surface area contributed by atoms with E-state index in [1.165, 1.54) is 6.33 Å². The van der Waals surface area contributed by atoms with Crippen LogP contribution in [-0.2, 0) is 0 Å². The molecule has 3 aromatic rings. The van der Waals surface area contributed by atoms with Gasteiger partial charge in [-0.25, -0.2) is 9.97 Å². The molecule has 0 aliphatic heterocycles. The molecule has 1 aromatic heterocycles. The Bertz CT molecular complexity index is 917. The summed E-state index contributed by atoms with van der Waals surface area (Å²) in [6, 6.07) is 20.0. The van der Waals surface area contributed by atoms with Gasteiger partial charge in [0, 0.05) is 24.5 Å². The summed E-state index contributed by atoms with van der Waals surface area (Å²) < 4.78 is 0. The molecule has 0 atom stereocenters. The lowest BCUT2D eigenvalue weighted by atomic mass is 10.2. The number of carbonyl (C=O) groups excluding carboxylic acids is 1. The van der Waals surface area contributed by atoms with Crippen LogP contribution in [0.2, 0.25) is 0 Å². The molecule has 2 aromatic carbocycles. The van der Waals surface area contributed by atoms with Crippen LogP contribution < -0.4 is 10.2 Å². The normalized spacial score (nSPS) is 9.92. The van der Waals surface area contributed by atoms with E-state index in [9.17, 15) is 4.79 Å². The number of anilines is 3. The molecular weight excluding hydrogens is 314 g/mol. The lowest BCUT2D eigenvalue weighted by Crippen LogP contribution is -2.17. The average molecular weight is 329 g/mol. The van der Waals surface area contributed by atoms with E-state index in [1.54, 1.807) is 30.3 Å². The maximum absolute atomic E-state index is 12.4. The number of nitrogens with one attached hydrogen (secondary N) is 1. The van der Waals surface area contributed by atoms with Gasteiger partial charge in [-0.05, 0) is 36.4 Å². The molecule has 0 spiro atoms. The van der Waals surface area contributed by atoms with Crippen LogP contribution in [0.5, 0.6) is 0 Å². The first-order chi connectivity index (χ1) is 12.2. The molecule has 3 rings (SSSR count). The van der Waals surface area contributed by atoms with Crippen molar-refractivity contribution in [1.29, 1.82) is 5.26 Å². The highest BCUT2D eigenvalue weighted by Gasteiger charge is 2.12. The van der Waals surface area contributed by atoms with E-state index in [1.807, 2.05) is 48.3 Å². The Balaban J connectivity index is 1.78. The number of hydrogen-bond acceptors (Lipinski definition) is 5. The van der Waals surface area contributed by atoms with Crippen LogP contribution in [0.1, 0.15) is 16.1 Å². The van der Waals surface area contributed by atoms with Crippen molar-refractivity contribution in [3.63, 3.8) is 0 Å². The Labute approximate surface area is 145 Å². The summed E-state index contributed by atoms with van der Waals surface area (Å²) in [6.45, 7) is 0. The summed E-state index contributed by atoms with van der Waals surface area (Å²) in [5.41, 5.74) is 2.35. The van der Waals surface area contributed by atoms with Gasteiger partial charge in [0.15, 0.2) is 0 Å². The lowest BCUT2D eigenvalue weighted by molar-refractivity contribution is 0.102. The molecule has 1 amide bonds. The van der Waals surface area contributed by atoms with Crippen LogP contribution in [-0.4, -0.2) is 22.9 Å². The van der Waals surface area contributed by atoms with Gasteiger partial charge in [0.1, 0.15) is 17.8 Å². The van der Waals surface area contributed by atoms with Crippen molar-refractivity contribution in [2.75, 3.05) is 17.3 Å². The highest BCUT2D eigenvalue weighted by atomic mass is 16.1. The fourth-order valence-corrected chi connectivity index (χ4v) is 2.26. The van der Waals surface area contributed by atoms with Crippen molar-refractivity contribution >= 4 is 23.1 Å². The van der Waals surface area contributed by atoms with Crippen LogP contribution >= 0.6 is 0 Å². The van der Waals surface area contributed by atoms with E-state index in [-0.39, 0.29) is 11.6 Å². The third-order valence-corrected chi connectivity index (χ3v) is 3.64. The molecule has 0 saturated carbocycles. The molecule has 0 aliphatic rings. The van der Waals surface area contributed by atoms with Crippen molar-refractivity contribution in [2.24, 2.45) is 0 Å². The van der Waals surface area contributed by atoms with Gasteiger partial charge in [0.05, 0.1) is 11.6 Å². The quantitative estimate of drug-likeness (QED) is 0.793. The number of nitriles is 1. The van der Waals surface area contributed by atoms with Crippen LogP contribution in [0.4, 0.5) is 17.2 Å². The van der Waals surface area contributed by atoms with E-state index >= 15 is 0 Å². The van der Waals surface area contributed by atoms with Gasteiger partial charge in [-0.3, -0.25) is 4.79 Å². The summed E-state index contributed by atoms with van der Waals surface area (Å²) in [4.78, 5) is 22.5. The van der Waals surface area contributed by atoms with Crippen LogP contribution in [0.3, 0.4) is 0 Å². The molecule has 0 radical (unpaired) electrons. The molecule has 1 N–H and O–H groups in total. The minimum atomic E-state index is -0.338. The molecule has 6 heteroatoms. The Morgan fingerprint density at radius 2 is 1.80 bits per heavy atom. The topological polar surface area (TPSA) is 81.9 Å². The molecule has 0 saturated heterocycles. The summed E-state index contributed by atoms with van der Waals surface area (Å²) >= 11 is 0. The minimum Gasteiger partial charge on any atom is -0.329 e. The molecule has 25 heavy (non-hydrogen) atoms. The highest BCUT2D eigenvalue weighted by molar-refractivity contribution is 6.03. The lowest BCUT2D eigenvalue weighted by Gasteiger charge is -2.18. The van der Waals surface area contributed by atoms with Crippen LogP contribution in [0.25, 0.3) is 0 Å². The molecular formula is C19H15N5O. The number of para-hydroxylation sites is 1. The summed E-state index contributed by atoms with van der Waals surface area (Å²) in [5, 5.41) is 11.6. The molecule has 0 unspecified atom stereocenters. The predicted molar refractivity (Wildman–Crippen MR) is 95.6 cm³/mol. The van der Waals surface area contributed by atoms with E-state index in [0.29, 0.717) is 17.1 Å². The Morgan fingerprint density at radius 1 is 1.08 bits per heavy atom. The SMILES string of the molecule is CN(c1ccccc1)c1cc(C(=O)Nc2ccc(C#N)cc2)ncn1. The molecule has 0 fully saturated rings. The van der Waals surface area contributed by atoms with E-state index in [4.69, 9.17) is 5.26 Å². The zero-order valence-corrected chi connectivity index (χ0v) is 13.5. The Morgan fingerprint density at radius 3 is 2.48 bits per heavy atom. The number of benzene rings is 2. The maximum atomic E-state index is 12.4. The first kappa shape index (κ1) is 16.1. The smallest absolute Gasteiger partial charge is 0.274 e. The Kier molecular flexibility index (Phi) is 4.67. The van der Waals surface area contributed by atoms with E-state index in [2.05, 4.69) is 15.3 Å². The van der Waals surface area contributed by atoms with Gasteiger partial charge in [-0.1, -0.05) is 18.2 Å². The van der Waals surface area contributed by atoms with Crippen molar-refractivity contribution < 1.29 is 4.79 Å². The van der Waals surface area contributed by atoms with Crippen LogP contribution in [0.15, 0.2) is 67.0 Å². The monoisotopic (exact) mass is 329 g/mol. The summed E-state index contributed by atoms with van der Waals surface area (Å²) in [6.07, 6.45) is 1.36. The average Bonchev–Trinajstić information content (AvgIpc) is 2.68. The first-order valence-corrected chi connectivity index (χ1v) is 7.60. The largest absolute Gasteiger partial charge is 0.329 e. The van der Waals surface area contributed by atoms with Crippen molar-refractivity contribution in [3.05, 3.63) is 78.2 Å². The second-order valence-electron chi connectivity index (χ2n) is 5.30. The molecule has 0 aliphatic carbocycles. The maximum Gasteiger partial charge on any atom is 0.274 e. The second-order valence-corrected chi connectivity index (χ2v) is 5.30. The molecule has 1 heterocycles. The predicted octanol–water partition coefficient (Wildman–Crippen LogP) is 3.37. The third-order valence-electron chi connectivity index (χ3n) is 3.64. The van der Waals surface area contributed by atoms with Crippen LogP contribution in [0, 0.1) is 11.3 Å². The van der Waals surface area contributed by atoms with Gasteiger partial charge in [0.25, 0.3) is 5.91 Å². The van der Waals surface area contributed by atoms with E-state index < -0.39 is 0 Å². The minimum absolute atomic E-state index is 0.261. The zero-order valence-electron chi connectivity index (χ0n) is 13.5. The Hall–Kier alpha value is -3.72. The molecule has 6 nitrogen and oxygen atoms in total. The number of rotatable bonds is 4. The van der Waals surface area contributed by atoms with E-state index in [0.717, 1.165) is 5.69 Å². The van der Waals surface area contributed by atoms with Gasteiger partial charge in [0.2, 0.25) is 0 Å².